The summed E-state index contributed by atoms with van der Waals surface area (Å²) in [5, 5.41) is 3.95. The van der Waals surface area contributed by atoms with Crippen molar-refractivity contribution >= 4 is 58.2 Å². The van der Waals surface area contributed by atoms with Gasteiger partial charge in [-0.05, 0) is 55.5 Å². The SMILES string of the molecule is CCOc1ccccc1N1C(=O)/C(=C\c2ccc(COc3cccc(Cl)c3Cl)o2)NC1=S. The zero-order valence-electron chi connectivity index (χ0n) is 16.9. The van der Waals surface area contributed by atoms with Crippen molar-refractivity contribution in [3.05, 3.63) is 81.9 Å². The number of nitrogens with zero attached hydrogens (tertiary/aromatic N) is 1. The Morgan fingerprint density at radius 2 is 1.84 bits per heavy atom. The predicted molar refractivity (Wildman–Crippen MR) is 128 cm³/mol. The van der Waals surface area contributed by atoms with Crippen molar-refractivity contribution in [1.29, 1.82) is 0 Å². The minimum Gasteiger partial charge on any atom is -0.492 e. The fourth-order valence-electron chi connectivity index (χ4n) is 3.11. The third-order valence-electron chi connectivity index (χ3n) is 4.54. The van der Waals surface area contributed by atoms with Crippen LogP contribution in [0.5, 0.6) is 11.5 Å². The number of carbonyl (C=O) groups is 1. The molecule has 1 saturated heterocycles. The highest BCUT2D eigenvalue weighted by Crippen LogP contribution is 2.33. The number of hydrogen-bond donors (Lipinski definition) is 1. The van der Waals surface area contributed by atoms with Crippen molar-refractivity contribution in [3.8, 4) is 11.5 Å². The van der Waals surface area contributed by atoms with E-state index >= 15 is 0 Å². The highest BCUT2D eigenvalue weighted by molar-refractivity contribution is 7.80. The van der Waals surface area contributed by atoms with Crippen LogP contribution in [-0.2, 0) is 11.4 Å². The lowest BCUT2D eigenvalue weighted by Gasteiger charge is -2.17. The summed E-state index contributed by atoms with van der Waals surface area (Å²) in [5.41, 5.74) is 0.869. The molecule has 0 radical (unpaired) electrons. The zero-order valence-corrected chi connectivity index (χ0v) is 19.3. The van der Waals surface area contributed by atoms with E-state index in [1.807, 2.05) is 19.1 Å². The second-order valence-electron chi connectivity index (χ2n) is 6.67. The van der Waals surface area contributed by atoms with E-state index < -0.39 is 0 Å². The number of anilines is 1. The molecule has 4 rings (SSSR count). The Morgan fingerprint density at radius 3 is 2.66 bits per heavy atom. The van der Waals surface area contributed by atoms with Gasteiger partial charge in [0.2, 0.25) is 0 Å². The molecule has 2 heterocycles. The molecule has 1 amide bonds. The van der Waals surface area contributed by atoms with E-state index in [9.17, 15) is 4.79 Å². The first-order valence-corrected chi connectivity index (χ1v) is 10.9. The van der Waals surface area contributed by atoms with Gasteiger partial charge in [-0.2, -0.15) is 0 Å². The number of benzene rings is 2. The van der Waals surface area contributed by atoms with Gasteiger partial charge in [-0.25, -0.2) is 4.90 Å². The second-order valence-corrected chi connectivity index (χ2v) is 7.85. The highest BCUT2D eigenvalue weighted by Gasteiger charge is 2.34. The molecule has 164 valence electrons. The summed E-state index contributed by atoms with van der Waals surface area (Å²) in [6.07, 6.45) is 1.59. The zero-order chi connectivity index (χ0) is 22.7. The Balaban J connectivity index is 1.49. The van der Waals surface area contributed by atoms with Crippen molar-refractivity contribution < 1.29 is 18.7 Å². The van der Waals surface area contributed by atoms with Gasteiger partial charge in [-0.15, -0.1) is 0 Å². The number of nitrogens with one attached hydrogen (secondary N) is 1. The van der Waals surface area contributed by atoms with Crippen LogP contribution in [0.25, 0.3) is 6.08 Å². The Hall–Kier alpha value is -3.00. The smallest absolute Gasteiger partial charge is 0.281 e. The molecule has 6 nitrogen and oxygen atoms in total. The summed E-state index contributed by atoms with van der Waals surface area (Å²) < 4.78 is 17.1. The predicted octanol–water partition coefficient (Wildman–Crippen LogP) is 5.83. The molecule has 0 spiro atoms. The Bertz CT molecular complexity index is 1210. The van der Waals surface area contributed by atoms with Gasteiger partial charge in [0.1, 0.15) is 40.3 Å². The van der Waals surface area contributed by atoms with E-state index in [1.54, 1.807) is 48.5 Å². The van der Waals surface area contributed by atoms with Crippen LogP contribution in [0, 0.1) is 0 Å². The van der Waals surface area contributed by atoms with Crippen LogP contribution in [0.2, 0.25) is 10.0 Å². The maximum atomic E-state index is 13.0. The summed E-state index contributed by atoms with van der Waals surface area (Å²) in [6.45, 7) is 2.50. The van der Waals surface area contributed by atoms with E-state index in [-0.39, 0.29) is 17.6 Å². The lowest BCUT2D eigenvalue weighted by atomic mass is 10.2. The molecule has 2 aromatic carbocycles. The summed E-state index contributed by atoms with van der Waals surface area (Å²) in [7, 11) is 0. The monoisotopic (exact) mass is 488 g/mol. The number of amides is 1. The molecule has 1 aliphatic rings. The van der Waals surface area contributed by atoms with Crippen LogP contribution in [0.4, 0.5) is 5.69 Å². The number of carbonyl (C=O) groups excluding carboxylic acids is 1. The van der Waals surface area contributed by atoms with Crippen molar-refractivity contribution in [1.82, 2.24) is 5.32 Å². The number of halogens is 2. The maximum Gasteiger partial charge on any atom is 0.281 e. The average molecular weight is 489 g/mol. The Labute approximate surface area is 200 Å². The largest absolute Gasteiger partial charge is 0.492 e. The lowest BCUT2D eigenvalue weighted by molar-refractivity contribution is -0.113. The molecule has 32 heavy (non-hydrogen) atoms. The summed E-state index contributed by atoms with van der Waals surface area (Å²) in [4.78, 5) is 14.4. The molecule has 9 heteroatoms. The molecule has 1 N–H and O–H groups in total. The van der Waals surface area contributed by atoms with Crippen molar-refractivity contribution in [3.63, 3.8) is 0 Å². The van der Waals surface area contributed by atoms with Crippen LogP contribution in [0.15, 0.2) is 64.7 Å². The molecule has 3 aromatic rings. The van der Waals surface area contributed by atoms with Gasteiger partial charge in [-0.1, -0.05) is 41.4 Å². The van der Waals surface area contributed by atoms with Gasteiger partial charge in [-0.3, -0.25) is 4.79 Å². The van der Waals surface area contributed by atoms with Gasteiger partial charge >= 0.3 is 0 Å². The average Bonchev–Trinajstić information content (AvgIpc) is 3.34. The molecular weight excluding hydrogens is 471 g/mol. The second kappa shape index (κ2) is 9.65. The van der Waals surface area contributed by atoms with Crippen LogP contribution >= 0.6 is 35.4 Å². The van der Waals surface area contributed by atoms with Crippen LogP contribution in [0.3, 0.4) is 0 Å². The fourth-order valence-corrected chi connectivity index (χ4v) is 3.75. The van der Waals surface area contributed by atoms with Gasteiger partial charge in [0.15, 0.2) is 5.11 Å². The highest BCUT2D eigenvalue weighted by atomic mass is 35.5. The van der Waals surface area contributed by atoms with Crippen molar-refractivity contribution in [2.75, 3.05) is 11.5 Å². The molecule has 0 atom stereocenters. The Morgan fingerprint density at radius 1 is 1.06 bits per heavy atom. The lowest BCUT2D eigenvalue weighted by Crippen LogP contribution is -2.30. The van der Waals surface area contributed by atoms with Gasteiger partial charge in [0.25, 0.3) is 5.91 Å². The Kier molecular flexibility index (Phi) is 6.69. The van der Waals surface area contributed by atoms with E-state index in [0.717, 1.165) is 0 Å². The first-order chi connectivity index (χ1) is 15.5. The van der Waals surface area contributed by atoms with Crippen LogP contribution < -0.4 is 19.7 Å². The first-order valence-electron chi connectivity index (χ1n) is 9.72. The van der Waals surface area contributed by atoms with Crippen LogP contribution in [0.1, 0.15) is 18.4 Å². The summed E-state index contributed by atoms with van der Waals surface area (Å²) in [6, 6.07) is 15.9. The van der Waals surface area contributed by atoms with E-state index in [0.29, 0.717) is 51.1 Å². The van der Waals surface area contributed by atoms with E-state index in [2.05, 4.69) is 5.32 Å². The standard InChI is InChI=1S/C23H18Cl2N2O4S/c1-2-29-19-8-4-3-7-18(19)27-22(28)17(26-23(27)32)12-14-10-11-15(31-14)13-30-20-9-5-6-16(24)21(20)25/h3-12H,2,13H2,1H3,(H,26,32)/b17-12+. The molecular formula is C23H18Cl2N2O4S. The molecule has 0 unspecified atom stereocenters. The summed E-state index contributed by atoms with van der Waals surface area (Å²) >= 11 is 17.5. The summed E-state index contributed by atoms with van der Waals surface area (Å²) in [5.74, 6) is 1.75. The van der Waals surface area contributed by atoms with Crippen molar-refractivity contribution in [2.24, 2.45) is 0 Å². The molecule has 0 saturated carbocycles. The molecule has 0 aliphatic carbocycles. The molecule has 1 aromatic heterocycles. The number of rotatable bonds is 7. The number of furan rings is 1. The first kappa shape index (κ1) is 22.2. The number of thiocarbonyl (C=S) groups is 1. The third kappa shape index (κ3) is 4.60. The normalized spacial score (nSPS) is 14.7. The topological polar surface area (TPSA) is 63.9 Å². The van der Waals surface area contributed by atoms with Gasteiger partial charge in [0, 0.05) is 6.08 Å². The number of para-hydroxylation sites is 2. The minimum absolute atomic E-state index is 0.150. The maximum absolute atomic E-state index is 13.0. The fraction of sp³-hybridized carbons (Fsp3) is 0.130. The molecule has 0 bridgehead atoms. The van der Waals surface area contributed by atoms with E-state index in [1.165, 1.54) is 4.90 Å². The van der Waals surface area contributed by atoms with Gasteiger partial charge in [0.05, 0.1) is 17.3 Å². The third-order valence-corrected chi connectivity index (χ3v) is 5.63. The number of ether oxygens (including phenoxy) is 2. The number of hydrogen-bond acceptors (Lipinski definition) is 5. The molecule has 1 fully saturated rings. The minimum atomic E-state index is -0.304. The quantitative estimate of drug-likeness (QED) is 0.333. The van der Waals surface area contributed by atoms with Crippen molar-refractivity contribution in [2.45, 2.75) is 13.5 Å². The van der Waals surface area contributed by atoms with Crippen LogP contribution in [-0.4, -0.2) is 17.6 Å². The molecule has 1 aliphatic heterocycles. The van der Waals surface area contributed by atoms with E-state index in [4.69, 9.17) is 49.3 Å². The van der Waals surface area contributed by atoms with Gasteiger partial charge < -0.3 is 19.2 Å².